The van der Waals surface area contributed by atoms with E-state index in [2.05, 4.69) is 5.32 Å². The van der Waals surface area contributed by atoms with Crippen molar-refractivity contribution in [1.29, 1.82) is 0 Å². The maximum absolute atomic E-state index is 13.4. The minimum atomic E-state index is -0.381. The number of halogens is 1. The molecule has 1 rings (SSSR count). The number of carbonyl (C=O) groups is 1. The van der Waals surface area contributed by atoms with Gasteiger partial charge in [-0.1, -0.05) is 18.2 Å². The molecule has 0 spiro atoms. The molecule has 0 unspecified atom stereocenters. The first-order valence-electron chi connectivity index (χ1n) is 5.52. The molecule has 0 aromatic heterocycles. The second-order valence-corrected chi connectivity index (χ2v) is 4.61. The maximum atomic E-state index is 13.4. The van der Waals surface area contributed by atoms with Crippen LogP contribution in [0.4, 0.5) is 4.39 Å². The van der Waals surface area contributed by atoms with Crippen LogP contribution < -0.4 is 5.32 Å². The summed E-state index contributed by atoms with van der Waals surface area (Å²) in [6.07, 6.45) is 0. The van der Waals surface area contributed by atoms with Gasteiger partial charge in [-0.25, -0.2) is 4.39 Å². The SMILES string of the molecule is CC(=O)OCC(C)(C)NCc1ccccc1F. The molecule has 4 heteroatoms. The Hall–Kier alpha value is -1.42. The van der Waals surface area contributed by atoms with E-state index in [1.807, 2.05) is 13.8 Å². The van der Waals surface area contributed by atoms with Gasteiger partial charge in [0.2, 0.25) is 0 Å². The molecule has 0 saturated carbocycles. The summed E-state index contributed by atoms with van der Waals surface area (Å²) in [7, 11) is 0. The van der Waals surface area contributed by atoms with Crippen LogP contribution in [0.1, 0.15) is 26.3 Å². The van der Waals surface area contributed by atoms with Gasteiger partial charge in [-0.15, -0.1) is 0 Å². The van der Waals surface area contributed by atoms with E-state index in [1.54, 1.807) is 18.2 Å². The molecule has 94 valence electrons. The number of ether oxygens (including phenoxy) is 1. The Balaban J connectivity index is 2.49. The van der Waals surface area contributed by atoms with E-state index < -0.39 is 0 Å². The second-order valence-electron chi connectivity index (χ2n) is 4.61. The van der Waals surface area contributed by atoms with Crippen molar-refractivity contribution in [3.05, 3.63) is 35.6 Å². The molecule has 0 saturated heterocycles. The number of hydrogen-bond acceptors (Lipinski definition) is 3. The molecule has 1 aromatic carbocycles. The van der Waals surface area contributed by atoms with Crippen molar-refractivity contribution in [2.45, 2.75) is 32.9 Å². The fourth-order valence-electron chi connectivity index (χ4n) is 1.31. The van der Waals surface area contributed by atoms with E-state index in [0.717, 1.165) is 0 Å². The molecule has 0 atom stereocenters. The van der Waals surface area contributed by atoms with Crippen LogP contribution in [0.3, 0.4) is 0 Å². The fraction of sp³-hybridized carbons (Fsp3) is 0.462. The molecule has 1 N–H and O–H groups in total. The lowest BCUT2D eigenvalue weighted by Crippen LogP contribution is -2.43. The summed E-state index contributed by atoms with van der Waals surface area (Å²) in [5, 5.41) is 3.15. The summed E-state index contributed by atoms with van der Waals surface area (Å²) in [5.74, 6) is -0.547. The molecule has 0 amide bonds. The largest absolute Gasteiger partial charge is 0.464 e. The van der Waals surface area contributed by atoms with Crippen molar-refractivity contribution >= 4 is 5.97 Å². The van der Waals surface area contributed by atoms with Gasteiger partial charge in [0, 0.05) is 24.6 Å². The summed E-state index contributed by atoms with van der Waals surface area (Å²) in [5.41, 5.74) is 0.219. The van der Waals surface area contributed by atoms with Crippen LogP contribution in [-0.4, -0.2) is 18.1 Å². The molecule has 0 aliphatic carbocycles. The third-order valence-electron chi connectivity index (χ3n) is 2.35. The monoisotopic (exact) mass is 239 g/mol. The van der Waals surface area contributed by atoms with Crippen molar-refractivity contribution in [2.75, 3.05) is 6.61 Å². The van der Waals surface area contributed by atoms with Gasteiger partial charge in [-0.3, -0.25) is 4.79 Å². The van der Waals surface area contributed by atoms with Gasteiger partial charge in [-0.05, 0) is 19.9 Å². The van der Waals surface area contributed by atoms with E-state index in [-0.39, 0.29) is 23.9 Å². The summed E-state index contributed by atoms with van der Waals surface area (Å²) in [6, 6.07) is 6.60. The van der Waals surface area contributed by atoms with Crippen LogP contribution in [0, 0.1) is 5.82 Å². The number of carbonyl (C=O) groups excluding carboxylic acids is 1. The molecule has 0 fully saturated rings. The standard InChI is InChI=1S/C13H18FNO2/c1-10(16)17-9-13(2,3)15-8-11-6-4-5-7-12(11)14/h4-7,15H,8-9H2,1-3H3. The number of rotatable bonds is 5. The van der Waals surface area contributed by atoms with Crippen molar-refractivity contribution < 1.29 is 13.9 Å². The smallest absolute Gasteiger partial charge is 0.302 e. The highest BCUT2D eigenvalue weighted by molar-refractivity contribution is 5.65. The van der Waals surface area contributed by atoms with Gasteiger partial charge >= 0.3 is 5.97 Å². The fourth-order valence-corrected chi connectivity index (χ4v) is 1.31. The van der Waals surface area contributed by atoms with Gasteiger partial charge in [0.15, 0.2) is 0 Å². The number of nitrogens with one attached hydrogen (secondary N) is 1. The molecule has 0 aliphatic rings. The van der Waals surface area contributed by atoms with Crippen LogP contribution >= 0.6 is 0 Å². The van der Waals surface area contributed by atoms with Gasteiger partial charge in [-0.2, -0.15) is 0 Å². The van der Waals surface area contributed by atoms with E-state index >= 15 is 0 Å². The van der Waals surface area contributed by atoms with Crippen LogP contribution in [0.15, 0.2) is 24.3 Å². The predicted octanol–water partition coefficient (Wildman–Crippen LogP) is 2.26. The molecule has 0 radical (unpaired) electrons. The van der Waals surface area contributed by atoms with Gasteiger partial charge < -0.3 is 10.1 Å². The van der Waals surface area contributed by atoms with Crippen molar-refractivity contribution in [3.63, 3.8) is 0 Å². The third kappa shape index (κ3) is 4.95. The van der Waals surface area contributed by atoms with Crippen molar-refractivity contribution in [2.24, 2.45) is 0 Å². The molecule has 3 nitrogen and oxygen atoms in total. The topological polar surface area (TPSA) is 38.3 Å². The van der Waals surface area contributed by atoms with E-state index in [9.17, 15) is 9.18 Å². The highest BCUT2D eigenvalue weighted by Gasteiger charge is 2.19. The summed E-state index contributed by atoms with van der Waals surface area (Å²) >= 11 is 0. The molecule has 0 bridgehead atoms. The van der Waals surface area contributed by atoms with E-state index in [4.69, 9.17) is 4.74 Å². The molecular weight excluding hydrogens is 221 g/mol. The normalized spacial score (nSPS) is 11.3. The zero-order valence-electron chi connectivity index (χ0n) is 10.4. The zero-order valence-corrected chi connectivity index (χ0v) is 10.4. The van der Waals surface area contributed by atoms with Crippen LogP contribution in [0.5, 0.6) is 0 Å². The van der Waals surface area contributed by atoms with Crippen LogP contribution in [0.25, 0.3) is 0 Å². The van der Waals surface area contributed by atoms with Crippen molar-refractivity contribution in [1.82, 2.24) is 5.32 Å². The van der Waals surface area contributed by atoms with Crippen molar-refractivity contribution in [3.8, 4) is 0 Å². The molecule has 1 aromatic rings. The van der Waals surface area contributed by atoms with Crippen LogP contribution in [-0.2, 0) is 16.1 Å². The zero-order chi connectivity index (χ0) is 12.9. The average molecular weight is 239 g/mol. The number of benzene rings is 1. The van der Waals surface area contributed by atoms with E-state index in [1.165, 1.54) is 13.0 Å². The second kappa shape index (κ2) is 5.77. The first-order valence-corrected chi connectivity index (χ1v) is 5.52. The minimum absolute atomic E-state index is 0.233. The average Bonchev–Trinajstić information content (AvgIpc) is 2.26. The summed E-state index contributed by atoms with van der Waals surface area (Å²) in [4.78, 5) is 10.7. The summed E-state index contributed by atoms with van der Waals surface area (Å²) < 4.78 is 18.3. The molecular formula is C13H18FNO2. The van der Waals surface area contributed by atoms with E-state index in [0.29, 0.717) is 12.1 Å². The quantitative estimate of drug-likeness (QED) is 0.801. The lowest BCUT2D eigenvalue weighted by atomic mass is 10.1. The highest BCUT2D eigenvalue weighted by Crippen LogP contribution is 2.09. The lowest BCUT2D eigenvalue weighted by molar-refractivity contribution is -0.142. The third-order valence-corrected chi connectivity index (χ3v) is 2.35. The maximum Gasteiger partial charge on any atom is 0.302 e. The van der Waals surface area contributed by atoms with Gasteiger partial charge in [0.25, 0.3) is 0 Å². The molecule has 0 heterocycles. The van der Waals surface area contributed by atoms with Gasteiger partial charge in [0.1, 0.15) is 12.4 Å². The summed E-state index contributed by atoms with van der Waals surface area (Å²) in [6.45, 7) is 5.83. The Bertz CT molecular complexity index is 391. The first-order chi connectivity index (χ1) is 7.91. The Kier molecular flexibility index (Phi) is 4.63. The minimum Gasteiger partial charge on any atom is -0.464 e. The highest BCUT2D eigenvalue weighted by atomic mass is 19.1. The lowest BCUT2D eigenvalue weighted by Gasteiger charge is -2.25. The van der Waals surface area contributed by atoms with Crippen LogP contribution in [0.2, 0.25) is 0 Å². The molecule has 17 heavy (non-hydrogen) atoms. The molecule has 0 aliphatic heterocycles. The Morgan fingerprint density at radius 1 is 1.41 bits per heavy atom. The van der Waals surface area contributed by atoms with Gasteiger partial charge in [0.05, 0.1) is 0 Å². The first kappa shape index (κ1) is 13.6. The Morgan fingerprint density at radius 2 is 2.06 bits per heavy atom. The number of hydrogen-bond donors (Lipinski definition) is 1. The Morgan fingerprint density at radius 3 is 2.65 bits per heavy atom. The predicted molar refractivity (Wildman–Crippen MR) is 64.0 cm³/mol. The Labute approximate surface area is 101 Å². The number of esters is 1.